The Morgan fingerprint density at radius 1 is 0.870 bits per heavy atom. The number of hydrogen-bond donors (Lipinski definition) is 9. The van der Waals surface area contributed by atoms with Gasteiger partial charge in [0.1, 0.15) is 35.9 Å². The number of carbonyl (C=O) groups is 8. The molecule has 4 aromatic rings. The van der Waals surface area contributed by atoms with Crippen molar-refractivity contribution < 1.29 is 38.4 Å². The maximum absolute atomic E-state index is 15.1. The topological polar surface area (TPSA) is 325 Å². The molecular weight excluding hydrogens is 887 g/mol. The number of para-hydroxylation sites is 1. The van der Waals surface area contributed by atoms with Crippen LogP contribution in [0.3, 0.4) is 0 Å². The van der Waals surface area contributed by atoms with Crippen LogP contribution >= 0.6 is 0 Å². The van der Waals surface area contributed by atoms with Gasteiger partial charge in [-0.15, -0.1) is 5.10 Å². The third-order valence-electron chi connectivity index (χ3n) is 13.0. The Bertz CT molecular complexity index is 2530. The molecule has 12 N–H and O–H groups in total. The molecule has 4 heterocycles. The lowest BCUT2D eigenvalue weighted by Crippen LogP contribution is -2.60. The monoisotopic (exact) mass is 952 g/mol. The van der Waals surface area contributed by atoms with Gasteiger partial charge in [0.25, 0.3) is 0 Å². The number of aromatic nitrogens is 4. The van der Waals surface area contributed by atoms with Crippen LogP contribution in [0.25, 0.3) is 22.2 Å². The lowest BCUT2D eigenvalue weighted by atomic mass is 9.86. The minimum absolute atomic E-state index is 0.0147. The zero-order chi connectivity index (χ0) is 50.2. The van der Waals surface area contributed by atoms with Crippen molar-refractivity contribution in [3.8, 4) is 11.3 Å². The quantitative estimate of drug-likeness (QED) is 0.111. The average Bonchev–Trinajstić information content (AvgIpc) is 4.08. The average molecular weight is 952 g/mol. The summed E-state index contributed by atoms with van der Waals surface area (Å²) in [5, 5.41) is 23.1. The van der Waals surface area contributed by atoms with E-state index in [4.69, 9.17) is 17.2 Å². The van der Waals surface area contributed by atoms with Gasteiger partial charge in [0.15, 0.2) is 0 Å². The SMILES string of the molecule is CC[C@H](C)[C@@H]1NC(=O)[C@H](CC(N)=O)NC(=O)[C@@H](N)CC(=O)NCCCC[C@@H](C(N)=O)NC(=O)[C@H](Cc2c[nH]c3ccccc23)NC(=O)[C@@H]2C[C@H](n3cc(-c4ccc(C(C)(C)C)cc4)nn3)CN2C1=O. The molecule has 2 fully saturated rings. The normalized spacial score (nSPS) is 24.6. The molecule has 0 radical (unpaired) electrons. The summed E-state index contributed by atoms with van der Waals surface area (Å²) in [5.41, 5.74) is 21.3. The van der Waals surface area contributed by atoms with Crippen molar-refractivity contribution in [3.63, 3.8) is 0 Å². The van der Waals surface area contributed by atoms with Crippen LogP contribution in [-0.2, 0) is 50.2 Å². The number of aromatic amines is 1. The number of nitrogens with zero attached hydrogens (tertiary/aromatic N) is 4. The summed E-state index contributed by atoms with van der Waals surface area (Å²) < 4.78 is 1.59. The van der Waals surface area contributed by atoms with Crippen molar-refractivity contribution in [3.05, 3.63) is 72.1 Å². The highest BCUT2D eigenvalue weighted by molar-refractivity contribution is 5.99. The third-order valence-corrected chi connectivity index (χ3v) is 13.0. The van der Waals surface area contributed by atoms with Crippen LogP contribution in [0.4, 0.5) is 0 Å². The van der Waals surface area contributed by atoms with E-state index in [-0.39, 0.29) is 37.8 Å². The second-order valence-corrected chi connectivity index (χ2v) is 19.2. The van der Waals surface area contributed by atoms with Gasteiger partial charge in [-0.2, -0.15) is 0 Å². The molecule has 2 saturated heterocycles. The molecular formula is C48H65N13O8. The zero-order valence-corrected chi connectivity index (χ0v) is 39.8. The summed E-state index contributed by atoms with van der Waals surface area (Å²) in [4.78, 5) is 114. The van der Waals surface area contributed by atoms with Crippen molar-refractivity contribution in [1.82, 2.24) is 51.5 Å². The fourth-order valence-electron chi connectivity index (χ4n) is 8.65. The number of fused-ring (bicyclic) bond motifs is 2. The molecule has 2 aliphatic rings. The van der Waals surface area contributed by atoms with E-state index >= 15 is 4.79 Å². The molecule has 2 aromatic heterocycles. The number of H-pyrrole nitrogens is 1. The highest BCUT2D eigenvalue weighted by Crippen LogP contribution is 2.32. The lowest BCUT2D eigenvalue weighted by molar-refractivity contribution is -0.143. The second kappa shape index (κ2) is 22.3. The Labute approximate surface area is 400 Å². The van der Waals surface area contributed by atoms with E-state index in [0.29, 0.717) is 30.5 Å². The van der Waals surface area contributed by atoms with E-state index < -0.39 is 108 Å². The molecule has 0 unspecified atom stereocenters. The van der Waals surface area contributed by atoms with Gasteiger partial charge in [0, 0.05) is 48.6 Å². The van der Waals surface area contributed by atoms with E-state index in [1.54, 1.807) is 30.9 Å². The lowest BCUT2D eigenvalue weighted by Gasteiger charge is -2.33. The molecule has 2 aromatic carbocycles. The molecule has 0 saturated carbocycles. The minimum atomic E-state index is -1.58. The molecule has 69 heavy (non-hydrogen) atoms. The van der Waals surface area contributed by atoms with Crippen LogP contribution in [0.15, 0.2) is 60.9 Å². The fourth-order valence-corrected chi connectivity index (χ4v) is 8.65. The first-order chi connectivity index (χ1) is 32.7. The predicted molar refractivity (Wildman–Crippen MR) is 255 cm³/mol. The standard InChI is InChI=1S/C48H65N13O8/c1-6-26(2)41-47(69)60-24-30(61-25-37(58-59-61)27-14-16-29(17-15-27)48(3,4)5)20-38(60)46(68)56-35(19-28-23-53-33-12-8-7-11-31(28)33)44(66)54-34(42(51)64)13-9-10-18-52-40(63)21-32(49)43(65)55-36(22-39(50)62)45(67)57-41/h7-8,11-12,14-17,23,25-26,30,32,34-36,38,41,53H,6,9-10,13,18-22,24,49H2,1-5H3,(H2,50,62)(H2,51,64)(H,52,63)(H,54,66)(H,55,65)(H,56,68)(H,57,67)/t26-,30-,32-,34-,35-,36-,38-,41-/m0/s1. The van der Waals surface area contributed by atoms with Crippen molar-refractivity contribution >= 4 is 58.2 Å². The summed E-state index contributed by atoms with van der Waals surface area (Å²) in [6, 6.07) is 6.76. The van der Waals surface area contributed by atoms with Crippen molar-refractivity contribution in [2.24, 2.45) is 23.1 Å². The summed E-state index contributed by atoms with van der Waals surface area (Å²) in [6.07, 6.45) is 3.46. The summed E-state index contributed by atoms with van der Waals surface area (Å²) in [6.45, 7) is 9.92. The summed E-state index contributed by atoms with van der Waals surface area (Å²) >= 11 is 0. The van der Waals surface area contributed by atoms with Gasteiger partial charge in [0.05, 0.1) is 31.1 Å². The fraction of sp³-hybridized carbons (Fsp3) is 0.500. The molecule has 8 atom stereocenters. The maximum atomic E-state index is 15.1. The highest BCUT2D eigenvalue weighted by atomic mass is 16.2. The van der Waals surface area contributed by atoms with Gasteiger partial charge in [-0.3, -0.25) is 38.4 Å². The Kier molecular flexibility index (Phi) is 16.6. The molecule has 8 amide bonds. The molecule has 21 heteroatoms. The van der Waals surface area contributed by atoms with Crippen LogP contribution in [-0.4, -0.2) is 121 Å². The maximum Gasteiger partial charge on any atom is 0.246 e. The smallest absolute Gasteiger partial charge is 0.246 e. The van der Waals surface area contributed by atoms with E-state index in [1.807, 2.05) is 48.5 Å². The molecule has 0 spiro atoms. The van der Waals surface area contributed by atoms with Crippen LogP contribution in [0.2, 0.25) is 0 Å². The Morgan fingerprint density at radius 3 is 2.25 bits per heavy atom. The molecule has 0 bridgehead atoms. The number of rotatable bonds is 9. The molecule has 0 aliphatic carbocycles. The van der Waals surface area contributed by atoms with Crippen LogP contribution in [0.1, 0.15) is 96.7 Å². The summed E-state index contributed by atoms with van der Waals surface area (Å²) in [7, 11) is 0. The number of nitrogens with two attached hydrogens (primary N) is 3. The Morgan fingerprint density at radius 2 is 1.57 bits per heavy atom. The van der Waals surface area contributed by atoms with Crippen LogP contribution in [0.5, 0.6) is 0 Å². The van der Waals surface area contributed by atoms with Crippen LogP contribution < -0.4 is 43.8 Å². The summed E-state index contributed by atoms with van der Waals surface area (Å²) in [5.74, 6) is -6.81. The number of nitrogens with one attached hydrogen (secondary N) is 6. The van der Waals surface area contributed by atoms with E-state index in [1.165, 1.54) is 4.90 Å². The first kappa shape index (κ1) is 51.2. The number of carbonyl (C=O) groups excluding carboxylic acids is 8. The van der Waals surface area contributed by atoms with Gasteiger partial charge in [-0.25, -0.2) is 4.68 Å². The minimum Gasteiger partial charge on any atom is -0.370 e. The second-order valence-electron chi connectivity index (χ2n) is 19.2. The third kappa shape index (κ3) is 12.9. The Hall–Kier alpha value is -7.16. The van der Waals surface area contributed by atoms with E-state index in [2.05, 4.69) is 62.7 Å². The Balaban J connectivity index is 1.39. The molecule has 2 aliphatic heterocycles. The molecule has 370 valence electrons. The van der Waals surface area contributed by atoms with Gasteiger partial charge in [-0.05, 0) is 47.8 Å². The number of amides is 8. The van der Waals surface area contributed by atoms with Gasteiger partial charge >= 0.3 is 0 Å². The van der Waals surface area contributed by atoms with Crippen molar-refractivity contribution in [2.45, 2.75) is 134 Å². The molecule has 6 rings (SSSR count). The first-order valence-electron chi connectivity index (χ1n) is 23.4. The van der Waals surface area contributed by atoms with E-state index in [9.17, 15) is 33.6 Å². The van der Waals surface area contributed by atoms with Gasteiger partial charge in [-0.1, -0.05) is 88.7 Å². The number of hydrogen-bond acceptors (Lipinski definition) is 11. The molecule has 21 nitrogen and oxygen atoms in total. The highest BCUT2D eigenvalue weighted by Gasteiger charge is 2.45. The predicted octanol–water partition coefficient (Wildman–Crippen LogP) is 0.472. The van der Waals surface area contributed by atoms with Crippen LogP contribution in [0, 0.1) is 5.92 Å². The van der Waals surface area contributed by atoms with Gasteiger partial charge in [0.2, 0.25) is 47.3 Å². The number of primary amides is 2. The van der Waals surface area contributed by atoms with E-state index in [0.717, 1.165) is 22.0 Å². The van der Waals surface area contributed by atoms with Crippen molar-refractivity contribution in [2.75, 3.05) is 13.1 Å². The van der Waals surface area contributed by atoms with Crippen molar-refractivity contribution in [1.29, 1.82) is 0 Å². The first-order valence-corrected chi connectivity index (χ1v) is 23.4. The van der Waals surface area contributed by atoms with Gasteiger partial charge < -0.3 is 53.7 Å². The number of benzene rings is 2. The zero-order valence-electron chi connectivity index (χ0n) is 39.8. The largest absolute Gasteiger partial charge is 0.370 e.